The predicted octanol–water partition coefficient (Wildman–Crippen LogP) is 6.20. The van der Waals surface area contributed by atoms with Crippen molar-refractivity contribution < 1.29 is 9.53 Å². The molecule has 0 unspecified atom stereocenters. The lowest BCUT2D eigenvalue weighted by Crippen LogP contribution is -2.11. The van der Waals surface area contributed by atoms with E-state index in [4.69, 9.17) is 27.9 Å². The highest BCUT2D eigenvalue weighted by Gasteiger charge is 2.20. The summed E-state index contributed by atoms with van der Waals surface area (Å²) in [7, 11) is 1.55. The van der Waals surface area contributed by atoms with E-state index in [9.17, 15) is 4.79 Å². The van der Waals surface area contributed by atoms with Crippen LogP contribution < -0.4 is 10.1 Å². The van der Waals surface area contributed by atoms with Gasteiger partial charge in [0.1, 0.15) is 15.6 Å². The minimum Gasteiger partial charge on any atom is -0.495 e. The topological polar surface area (TPSA) is 81.4 Å². The van der Waals surface area contributed by atoms with Crippen LogP contribution in [0.1, 0.15) is 22.4 Å². The average molecular weight is 504 g/mol. The van der Waals surface area contributed by atoms with Gasteiger partial charge >= 0.3 is 0 Å². The second kappa shape index (κ2) is 8.32. The Labute approximate surface area is 200 Å². The molecule has 0 spiro atoms. The van der Waals surface area contributed by atoms with Crippen LogP contribution in [0.15, 0.2) is 36.4 Å². The Bertz CT molecular complexity index is 1490. The normalized spacial score (nSPS) is 11.4. The van der Waals surface area contributed by atoms with Crippen molar-refractivity contribution in [1.29, 1.82) is 0 Å². The maximum absolute atomic E-state index is 13.1. The van der Waals surface area contributed by atoms with E-state index >= 15 is 0 Å². The summed E-state index contributed by atoms with van der Waals surface area (Å²) in [5.41, 5.74) is 1.34. The van der Waals surface area contributed by atoms with Crippen LogP contribution in [0.4, 0.5) is 5.69 Å². The van der Waals surface area contributed by atoms with Crippen molar-refractivity contribution in [2.75, 3.05) is 12.4 Å². The summed E-state index contributed by atoms with van der Waals surface area (Å²) < 4.78 is 8.04. The molecule has 32 heavy (non-hydrogen) atoms. The van der Waals surface area contributed by atoms with Crippen molar-refractivity contribution in [3.05, 3.63) is 57.1 Å². The van der Waals surface area contributed by atoms with Crippen LogP contribution in [0, 0.1) is 0 Å². The number of carbonyl (C=O) groups is 1. The van der Waals surface area contributed by atoms with Crippen LogP contribution in [0.2, 0.25) is 10.0 Å². The lowest BCUT2D eigenvalue weighted by atomic mass is 10.2. The SMILES string of the molecule is CCc1nnc2sc(-c3ccc(OC)c(NC(=O)c4sc5cc(Cl)ccc5c4Cl)c3)nn12. The van der Waals surface area contributed by atoms with Gasteiger partial charge in [0.25, 0.3) is 5.91 Å². The van der Waals surface area contributed by atoms with E-state index < -0.39 is 0 Å². The number of thiophene rings is 1. The Morgan fingerprint density at radius 3 is 2.78 bits per heavy atom. The monoisotopic (exact) mass is 503 g/mol. The van der Waals surface area contributed by atoms with Gasteiger partial charge in [0.15, 0.2) is 5.82 Å². The number of carbonyl (C=O) groups excluding carboxylic acids is 1. The van der Waals surface area contributed by atoms with Gasteiger partial charge < -0.3 is 10.1 Å². The Morgan fingerprint density at radius 2 is 2.00 bits per heavy atom. The molecule has 3 aromatic heterocycles. The predicted molar refractivity (Wildman–Crippen MR) is 130 cm³/mol. The van der Waals surface area contributed by atoms with E-state index in [0.29, 0.717) is 31.3 Å². The number of anilines is 1. The van der Waals surface area contributed by atoms with E-state index in [1.165, 1.54) is 22.7 Å². The summed E-state index contributed by atoms with van der Waals surface area (Å²) in [5.74, 6) is 0.998. The number of ether oxygens (including phenoxy) is 1. The fraction of sp³-hybridized carbons (Fsp3) is 0.143. The standard InChI is InChI=1S/C21H15Cl2N5O2S2/c1-3-16-25-26-21-28(16)27-20(32-21)10-4-7-14(30-2)13(8-10)24-19(29)18-17(23)12-6-5-11(22)9-15(12)31-18/h4-9H,3H2,1-2H3,(H,24,29). The maximum atomic E-state index is 13.1. The number of rotatable bonds is 5. The van der Waals surface area contributed by atoms with Crippen molar-refractivity contribution in [3.63, 3.8) is 0 Å². The summed E-state index contributed by atoms with van der Waals surface area (Å²) in [4.78, 5) is 14.2. The summed E-state index contributed by atoms with van der Waals surface area (Å²) in [5, 5.41) is 18.4. The Morgan fingerprint density at radius 1 is 1.16 bits per heavy atom. The highest BCUT2D eigenvalue weighted by atomic mass is 35.5. The number of amides is 1. The fourth-order valence-electron chi connectivity index (χ4n) is 3.30. The van der Waals surface area contributed by atoms with Crippen LogP contribution in [-0.2, 0) is 6.42 Å². The number of hydrogen-bond acceptors (Lipinski definition) is 7. The second-order valence-corrected chi connectivity index (χ2v) is 9.65. The van der Waals surface area contributed by atoms with Gasteiger partial charge in [-0.05, 0) is 30.3 Å². The van der Waals surface area contributed by atoms with Gasteiger partial charge in [-0.15, -0.1) is 21.5 Å². The number of fused-ring (bicyclic) bond motifs is 2. The van der Waals surface area contributed by atoms with Gasteiger partial charge in [-0.25, -0.2) is 0 Å². The van der Waals surface area contributed by atoms with Crippen molar-refractivity contribution in [2.45, 2.75) is 13.3 Å². The number of nitrogens with zero attached hydrogens (tertiary/aromatic N) is 4. The molecule has 0 atom stereocenters. The molecular weight excluding hydrogens is 489 g/mol. The van der Waals surface area contributed by atoms with E-state index in [1.807, 2.05) is 25.1 Å². The number of halogens is 2. The highest BCUT2D eigenvalue weighted by molar-refractivity contribution is 7.21. The number of nitrogens with one attached hydrogen (secondary N) is 1. The van der Waals surface area contributed by atoms with Gasteiger partial charge in [0.05, 0.1) is 17.8 Å². The van der Waals surface area contributed by atoms with Crippen LogP contribution in [-0.4, -0.2) is 32.8 Å². The first-order valence-electron chi connectivity index (χ1n) is 9.57. The number of aromatic nitrogens is 4. The van der Waals surface area contributed by atoms with Gasteiger partial charge in [-0.3, -0.25) is 4.79 Å². The molecule has 0 aliphatic carbocycles. The minimum atomic E-state index is -0.325. The van der Waals surface area contributed by atoms with Crippen molar-refractivity contribution in [3.8, 4) is 16.3 Å². The molecule has 5 aromatic rings. The van der Waals surface area contributed by atoms with E-state index in [2.05, 4.69) is 20.6 Å². The fourth-order valence-corrected chi connectivity index (χ4v) is 5.84. The zero-order valence-electron chi connectivity index (χ0n) is 16.8. The summed E-state index contributed by atoms with van der Waals surface area (Å²) in [6.45, 7) is 2.00. The second-order valence-electron chi connectivity index (χ2n) is 6.83. The zero-order valence-corrected chi connectivity index (χ0v) is 20.0. The molecule has 7 nitrogen and oxygen atoms in total. The van der Waals surface area contributed by atoms with Gasteiger partial charge in [0, 0.05) is 27.1 Å². The van der Waals surface area contributed by atoms with E-state index in [-0.39, 0.29) is 5.91 Å². The number of aryl methyl sites for hydroxylation is 1. The van der Waals surface area contributed by atoms with Gasteiger partial charge in [-0.1, -0.05) is 47.5 Å². The number of benzene rings is 2. The smallest absolute Gasteiger partial charge is 0.267 e. The van der Waals surface area contributed by atoms with Crippen LogP contribution >= 0.6 is 45.9 Å². The van der Waals surface area contributed by atoms with Crippen molar-refractivity contribution in [1.82, 2.24) is 19.8 Å². The molecule has 0 saturated carbocycles. The lowest BCUT2D eigenvalue weighted by molar-refractivity contribution is 0.103. The average Bonchev–Trinajstić information content (AvgIpc) is 3.46. The Balaban J connectivity index is 1.50. The van der Waals surface area contributed by atoms with Crippen molar-refractivity contribution in [2.24, 2.45) is 0 Å². The highest BCUT2D eigenvalue weighted by Crippen LogP contribution is 2.38. The molecule has 0 bridgehead atoms. The van der Waals surface area contributed by atoms with Crippen LogP contribution in [0.3, 0.4) is 0 Å². The quantitative estimate of drug-likeness (QED) is 0.308. The molecule has 11 heteroatoms. The van der Waals surface area contributed by atoms with E-state index in [1.54, 1.807) is 29.8 Å². The Hall–Kier alpha value is -2.72. The molecule has 2 aromatic carbocycles. The van der Waals surface area contributed by atoms with E-state index in [0.717, 1.165) is 32.9 Å². The number of hydrogen-bond donors (Lipinski definition) is 1. The van der Waals surface area contributed by atoms with Crippen LogP contribution in [0.5, 0.6) is 5.75 Å². The maximum Gasteiger partial charge on any atom is 0.267 e. The molecule has 0 aliphatic rings. The largest absolute Gasteiger partial charge is 0.495 e. The summed E-state index contributed by atoms with van der Waals surface area (Å²) >= 11 is 15.3. The molecular formula is C21H15Cl2N5O2S2. The molecule has 1 amide bonds. The molecule has 5 rings (SSSR count). The molecule has 3 heterocycles. The molecule has 162 valence electrons. The first kappa shape index (κ1) is 21.1. The molecule has 0 saturated heterocycles. The lowest BCUT2D eigenvalue weighted by Gasteiger charge is -2.11. The van der Waals surface area contributed by atoms with Gasteiger partial charge in [-0.2, -0.15) is 9.61 Å². The first-order valence-corrected chi connectivity index (χ1v) is 12.0. The zero-order chi connectivity index (χ0) is 22.4. The van der Waals surface area contributed by atoms with Crippen LogP contribution in [0.25, 0.3) is 25.6 Å². The molecule has 1 N–H and O–H groups in total. The van der Waals surface area contributed by atoms with Crippen molar-refractivity contribution >= 4 is 72.5 Å². The Kier molecular flexibility index (Phi) is 5.50. The number of methoxy groups -OCH3 is 1. The van der Waals surface area contributed by atoms with Gasteiger partial charge in [0.2, 0.25) is 4.96 Å². The summed E-state index contributed by atoms with van der Waals surface area (Å²) in [6.07, 6.45) is 0.732. The molecule has 0 fully saturated rings. The third-order valence-electron chi connectivity index (χ3n) is 4.86. The summed E-state index contributed by atoms with van der Waals surface area (Å²) in [6, 6.07) is 10.9. The minimum absolute atomic E-state index is 0.325. The molecule has 0 radical (unpaired) electrons. The third-order valence-corrected chi connectivity index (χ3v) is 7.70. The first-order chi connectivity index (χ1) is 15.5. The third kappa shape index (κ3) is 3.61. The molecule has 0 aliphatic heterocycles.